The van der Waals surface area contributed by atoms with Crippen LogP contribution in [-0.2, 0) is 4.79 Å². The van der Waals surface area contributed by atoms with Crippen molar-refractivity contribution in [3.05, 3.63) is 59.6 Å². The molecule has 1 aromatic carbocycles. The molecule has 0 unspecified atom stereocenters. The van der Waals surface area contributed by atoms with Crippen molar-refractivity contribution in [1.82, 2.24) is 21.3 Å². The zero-order valence-electron chi connectivity index (χ0n) is 15.7. The molecule has 0 aromatic heterocycles. The molecular weight excluding hydrogens is 385 g/mol. The van der Waals surface area contributed by atoms with Crippen molar-refractivity contribution in [2.75, 3.05) is 6.54 Å². The van der Waals surface area contributed by atoms with Gasteiger partial charge in [-0.1, -0.05) is 36.9 Å². The highest BCUT2D eigenvalue weighted by molar-refractivity contribution is 6.00. The molecule has 3 rings (SSSR count). The Bertz CT molecular complexity index is 813. The van der Waals surface area contributed by atoms with Crippen LogP contribution in [0.25, 0.3) is 0 Å². The monoisotopic (exact) mass is 408 g/mol. The first-order valence-electron chi connectivity index (χ1n) is 9.41. The molecule has 6 nitrogen and oxygen atoms in total. The summed E-state index contributed by atoms with van der Waals surface area (Å²) in [6.07, 6.45) is -1.19. The van der Waals surface area contributed by atoms with Crippen LogP contribution >= 0.6 is 0 Å². The third kappa shape index (κ3) is 5.52. The Morgan fingerprint density at radius 2 is 1.76 bits per heavy atom. The minimum Gasteiger partial charge on any atom is -0.373 e. The number of hydrogen-bond acceptors (Lipinski definition) is 3. The third-order valence-electron chi connectivity index (χ3n) is 5.08. The minimum absolute atomic E-state index is 0.0871. The lowest BCUT2D eigenvalue weighted by Crippen LogP contribution is -2.50. The first kappa shape index (κ1) is 20.8. The van der Waals surface area contributed by atoms with Gasteiger partial charge >= 0.3 is 12.2 Å². The Balaban J connectivity index is 1.64. The maximum atomic E-state index is 12.7. The summed E-state index contributed by atoms with van der Waals surface area (Å²) in [7, 11) is 0. The minimum atomic E-state index is -4.48. The number of hydrogen-bond donors (Lipinski definition) is 4. The van der Waals surface area contributed by atoms with E-state index in [0.717, 1.165) is 25.7 Å². The molecule has 0 atom stereocenters. The average molecular weight is 408 g/mol. The topological polar surface area (TPSA) is 82.3 Å². The van der Waals surface area contributed by atoms with Crippen molar-refractivity contribution in [1.29, 1.82) is 0 Å². The SMILES string of the molecule is C=C1NC(=O)NC(C(=O)NC2CCC(c3ccccc3)CC2)=C1NCC(F)(F)F. The molecule has 0 spiro atoms. The Hall–Kier alpha value is -2.97. The van der Waals surface area contributed by atoms with E-state index in [1.165, 1.54) is 5.56 Å². The summed E-state index contributed by atoms with van der Waals surface area (Å²) in [4.78, 5) is 24.3. The zero-order valence-corrected chi connectivity index (χ0v) is 15.7. The predicted octanol–water partition coefficient (Wildman–Crippen LogP) is 3.02. The number of urea groups is 1. The van der Waals surface area contributed by atoms with Crippen LogP contribution in [0.15, 0.2) is 54.0 Å². The number of alkyl halides is 3. The Labute approximate surface area is 166 Å². The van der Waals surface area contributed by atoms with Crippen molar-refractivity contribution >= 4 is 11.9 Å². The van der Waals surface area contributed by atoms with Gasteiger partial charge in [0.25, 0.3) is 5.91 Å². The quantitative estimate of drug-likeness (QED) is 0.605. The molecule has 0 saturated heterocycles. The van der Waals surface area contributed by atoms with Crippen molar-refractivity contribution in [2.24, 2.45) is 0 Å². The van der Waals surface area contributed by atoms with Gasteiger partial charge in [0, 0.05) is 6.04 Å². The highest BCUT2D eigenvalue weighted by Crippen LogP contribution is 2.32. The number of benzene rings is 1. The number of rotatable bonds is 5. The average Bonchev–Trinajstić information content (AvgIpc) is 2.67. The van der Waals surface area contributed by atoms with Crippen LogP contribution in [0, 0.1) is 0 Å². The van der Waals surface area contributed by atoms with Crippen LogP contribution in [0.5, 0.6) is 0 Å². The molecule has 1 aliphatic carbocycles. The zero-order chi connectivity index (χ0) is 21.0. The number of carbonyl (C=O) groups excluding carboxylic acids is 2. The van der Waals surface area contributed by atoms with Gasteiger partial charge in [-0.3, -0.25) is 4.79 Å². The van der Waals surface area contributed by atoms with Crippen molar-refractivity contribution in [3.8, 4) is 0 Å². The van der Waals surface area contributed by atoms with Crippen LogP contribution in [0.1, 0.15) is 37.2 Å². The van der Waals surface area contributed by atoms with E-state index in [4.69, 9.17) is 0 Å². The molecule has 1 aromatic rings. The maximum absolute atomic E-state index is 12.7. The molecule has 2 aliphatic rings. The fourth-order valence-corrected chi connectivity index (χ4v) is 3.67. The van der Waals surface area contributed by atoms with Crippen LogP contribution < -0.4 is 21.3 Å². The van der Waals surface area contributed by atoms with Crippen LogP contribution in [0.2, 0.25) is 0 Å². The first-order chi connectivity index (χ1) is 13.7. The molecular formula is C20H23F3N4O2. The highest BCUT2D eigenvalue weighted by atomic mass is 19.4. The van der Waals surface area contributed by atoms with Gasteiger partial charge in [-0.2, -0.15) is 13.2 Å². The van der Waals surface area contributed by atoms with E-state index >= 15 is 0 Å². The molecule has 0 radical (unpaired) electrons. The van der Waals surface area contributed by atoms with Gasteiger partial charge in [0.1, 0.15) is 12.2 Å². The summed E-state index contributed by atoms with van der Waals surface area (Å²) in [5.74, 6) is -0.209. The smallest absolute Gasteiger partial charge is 0.373 e. The molecule has 1 fully saturated rings. The second kappa shape index (κ2) is 8.59. The molecule has 1 aliphatic heterocycles. The van der Waals surface area contributed by atoms with Crippen LogP contribution in [0.4, 0.5) is 18.0 Å². The van der Waals surface area contributed by atoms with Gasteiger partial charge in [-0.05, 0) is 37.2 Å². The fraction of sp³-hybridized carbons (Fsp3) is 0.400. The van der Waals surface area contributed by atoms with Crippen molar-refractivity contribution in [3.63, 3.8) is 0 Å². The van der Waals surface area contributed by atoms with Crippen LogP contribution in [0.3, 0.4) is 0 Å². The lowest BCUT2D eigenvalue weighted by molar-refractivity contribution is -0.124. The molecule has 3 amide bonds. The molecule has 9 heteroatoms. The molecule has 4 N–H and O–H groups in total. The number of amides is 3. The normalized spacial score (nSPS) is 22.6. The second-order valence-corrected chi connectivity index (χ2v) is 7.21. The Morgan fingerprint density at radius 3 is 2.38 bits per heavy atom. The number of nitrogens with one attached hydrogen (secondary N) is 4. The largest absolute Gasteiger partial charge is 0.405 e. The lowest BCUT2D eigenvalue weighted by atomic mass is 9.82. The third-order valence-corrected chi connectivity index (χ3v) is 5.08. The standard InChI is InChI=1S/C20H23F3N4O2/c1-12-16(24-11-20(21,22)23)17(27-19(29)25-12)18(28)26-15-9-7-14(8-10-15)13-5-3-2-4-6-13/h2-6,14-15,24H,1,7-11H2,(H,26,28)(H2,25,27,29). The summed E-state index contributed by atoms with van der Waals surface area (Å²) in [5.41, 5.74) is 0.752. The van der Waals surface area contributed by atoms with Gasteiger partial charge in [0.15, 0.2) is 0 Å². The summed E-state index contributed by atoms with van der Waals surface area (Å²) in [5, 5.41) is 9.52. The van der Waals surface area contributed by atoms with E-state index < -0.39 is 24.7 Å². The summed E-state index contributed by atoms with van der Waals surface area (Å²) in [6, 6.07) is 9.31. The molecule has 1 saturated carbocycles. The summed E-state index contributed by atoms with van der Waals surface area (Å²) >= 11 is 0. The predicted molar refractivity (Wildman–Crippen MR) is 101 cm³/mol. The van der Waals surface area contributed by atoms with E-state index in [9.17, 15) is 22.8 Å². The van der Waals surface area contributed by atoms with Gasteiger partial charge in [0.05, 0.1) is 11.4 Å². The Morgan fingerprint density at radius 1 is 1.10 bits per heavy atom. The highest BCUT2D eigenvalue weighted by Gasteiger charge is 2.32. The van der Waals surface area contributed by atoms with E-state index in [2.05, 4.69) is 40.0 Å². The van der Waals surface area contributed by atoms with Gasteiger partial charge in [-0.15, -0.1) is 0 Å². The van der Waals surface area contributed by atoms with E-state index in [1.54, 1.807) is 0 Å². The molecule has 1 heterocycles. The lowest BCUT2D eigenvalue weighted by Gasteiger charge is -2.31. The molecule has 0 bridgehead atoms. The van der Waals surface area contributed by atoms with E-state index in [-0.39, 0.29) is 23.1 Å². The summed E-state index contributed by atoms with van der Waals surface area (Å²) < 4.78 is 37.7. The molecule has 156 valence electrons. The summed E-state index contributed by atoms with van der Waals surface area (Å²) in [6.45, 7) is 2.18. The molecule has 29 heavy (non-hydrogen) atoms. The second-order valence-electron chi connectivity index (χ2n) is 7.21. The Kier molecular flexibility index (Phi) is 6.14. The van der Waals surface area contributed by atoms with Crippen molar-refractivity contribution in [2.45, 2.75) is 43.8 Å². The maximum Gasteiger partial charge on any atom is 0.405 e. The van der Waals surface area contributed by atoms with Crippen molar-refractivity contribution < 1.29 is 22.8 Å². The van der Waals surface area contributed by atoms with E-state index in [0.29, 0.717) is 5.92 Å². The van der Waals surface area contributed by atoms with Gasteiger partial charge < -0.3 is 21.3 Å². The first-order valence-corrected chi connectivity index (χ1v) is 9.41. The van der Waals surface area contributed by atoms with Gasteiger partial charge in [-0.25, -0.2) is 4.79 Å². The number of halogens is 3. The number of carbonyl (C=O) groups is 2. The van der Waals surface area contributed by atoms with Gasteiger partial charge in [0.2, 0.25) is 0 Å². The van der Waals surface area contributed by atoms with E-state index in [1.807, 2.05) is 18.2 Å². The van der Waals surface area contributed by atoms with Crippen LogP contribution in [-0.4, -0.2) is 30.7 Å². The fourth-order valence-electron chi connectivity index (χ4n) is 3.67.